The fourth-order valence-electron chi connectivity index (χ4n) is 3.53. The minimum absolute atomic E-state index is 0.0203. The molecule has 2 rings (SSSR count). The van der Waals surface area contributed by atoms with E-state index in [0.29, 0.717) is 31.7 Å². The first-order valence-electron chi connectivity index (χ1n) is 10.9. The van der Waals surface area contributed by atoms with Crippen molar-refractivity contribution >= 4 is 23.2 Å². The van der Waals surface area contributed by atoms with E-state index in [4.69, 9.17) is 4.74 Å². The third-order valence-corrected chi connectivity index (χ3v) is 5.01. The summed E-state index contributed by atoms with van der Waals surface area (Å²) in [5.74, 6) is -0.0641. The lowest BCUT2D eigenvalue weighted by Crippen LogP contribution is -2.34. The normalized spacial score (nSPS) is 11.2. The first-order valence-corrected chi connectivity index (χ1v) is 10.9. The molecule has 174 valence electrons. The van der Waals surface area contributed by atoms with E-state index in [1.807, 2.05) is 89.2 Å². The maximum absolute atomic E-state index is 13.3. The van der Waals surface area contributed by atoms with Gasteiger partial charge in [-0.25, -0.2) is 0 Å². The van der Waals surface area contributed by atoms with Gasteiger partial charge in [0.25, 0.3) is 5.91 Å². The third-order valence-electron chi connectivity index (χ3n) is 5.01. The van der Waals surface area contributed by atoms with Crippen LogP contribution in [0.2, 0.25) is 0 Å². The Morgan fingerprint density at radius 2 is 1.78 bits per heavy atom. The van der Waals surface area contributed by atoms with E-state index < -0.39 is 0 Å². The highest BCUT2D eigenvalue weighted by Crippen LogP contribution is 2.26. The summed E-state index contributed by atoms with van der Waals surface area (Å²) in [4.78, 5) is 29.5. The van der Waals surface area contributed by atoms with Crippen LogP contribution in [0.3, 0.4) is 0 Å². The zero-order chi connectivity index (χ0) is 23.9. The molecule has 0 unspecified atom stereocenters. The summed E-state index contributed by atoms with van der Waals surface area (Å²) >= 11 is 0. The lowest BCUT2D eigenvalue weighted by Gasteiger charge is -2.26. The van der Waals surface area contributed by atoms with Crippen LogP contribution < -0.4 is 10.2 Å². The zero-order valence-corrected chi connectivity index (χ0v) is 20.5. The lowest BCUT2D eigenvalue weighted by atomic mass is 9.92. The molecule has 0 aliphatic carbocycles. The van der Waals surface area contributed by atoms with Gasteiger partial charge in [-0.05, 0) is 48.2 Å². The van der Waals surface area contributed by atoms with Gasteiger partial charge in [0.15, 0.2) is 0 Å². The van der Waals surface area contributed by atoms with Gasteiger partial charge in [-0.2, -0.15) is 0 Å². The Morgan fingerprint density at radius 3 is 2.38 bits per heavy atom. The third kappa shape index (κ3) is 7.68. The van der Waals surface area contributed by atoms with Crippen LogP contribution in [-0.2, 0) is 16.1 Å². The Kier molecular flexibility index (Phi) is 8.84. The molecule has 1 N–H and O–H groups in total. The molecule has 0 aliphatic rings. The molecule has 0 saturated carbocycles. The monoisotopic (exact) mass is 439 g/mol. The molecule has 0 bridgehead atoms. The molecule has 2 aromatic carbocycles. The number of carbonyl (C=O) groups is 2. The molecule has 0 fully saturated rings. The van der Waals surface area contributed by atoms with Gasteiger partial charge in [-0.1, -0.05) is 38.5 Å². The molecule has 0 aromatic heterocycles. The minimum atomic E-state index is -0.0896. The van der Waals surface area contributed by atoms with Crippen molar-refractivity contribution in [3.63, 3.8) is 0 Å². The molecule has 0 spiro atoms. The highest BCUT2D eigenvalue weighted by atomic mass is 16.5. The van der Waals surface area contributed by atoms with Crippen molar-refractivity contribution in [3.05, 3.63) is 59.2 Å². The van der Waals surface area contributed by atoms with Gasteiger partial charge in [0.1, 0.15) is 0 Å². The second kappa shape index (κ2) is 11.1. The molecular weight excluding hydrogens is 402 g/mol. The highest BCUT2D eigenvalue weighted by molar-refractivity contribution is 5.94. The average molecular weight is 440 g/mol. The summed E-state index contributed by atoms with van der Waals surface area (Å²) in [5, 5.41) is 3.00. The lowest BCUT2D eigenvalue weighted by molar-refractivity contribution is -0.117. The number of nitrogens with one attached hydrogen (secondary N) is 1. The van der Waals surface area contributed by atoms with Crippen molar-refractivity contribution < 1.29 is 14.3 Å². The number of aryl methyl sites for hydroxylation is 1. The van der Waals surface area contributed by atoms with Crippen molar-refractivity contribution in [2.24, 2.45) is 5.41 Å². The minimum Gasteiger partial charge on any atom is -0.383 e. The number of methoxy groups -OCH3 is 1. The van der Waals surface area contributed by atoms with Crippen LogP contribution in [0.25, 0.3) is 0 Å². The van der Waals surface area contributed by atoms with Crippen molar-refractivity contribution in [1.29, 1.82) is 0 Å². The van der Waals surface area contributed by atoms with Gasteiger partial charge < -0.3 is 19.9 Å². The summed E-state index contributed by atoms with van der Waals surface area (Å²) in [6.45, 7) is 9.41. The number of rotatable bonds is 9. The van der Waals surface area contributed by atoms with Gasteiger partial charge in [0.2, 0.25) is 5.91 Å². The molecule has 0 aliphatic heterocycles. The molecule has 6 heteroatoms. The number of ether oxygens (including phenoxy) is 1. The highest BCUT2D eigenvalue weighted by Gasteiger charge is 2.20. The van der Waals surface area contributed by atoms with Crippen LogP contribution in [0, 0.1) is 12.3 Å². The van der Waals surface area contributed by atoms with E-state index >= 15 is 0 Å². The number of benzene rings is 2. The fourth-order valence-corrected chi connectivity index (χ4v) is 3.53. The number of hydrogen-bond acceptors (Lipinski definition) is 4. The average Bonchev–Trinajstić information content (AvgIpc) is 2.69. The molecule has 0 saturated heterocycles. The van der Waals surface area contributed by atoms with Crippen molar-refractivity contribution in [3.8, 4) is 0 Å². The van der Waals surface area contributed by atoms with Crippen LogP contribution in [0.4, 0.5) is 11.4 Å². The van der Waals surface area contributed by atoms with Gasteiger partial charge >= 0.3 is 0 Å². The van der Waals surface area contributed by atoms with E-state index in [-0.39, 0.29) is 17.2 Å². The number of hydrogen-bond donors (Lipinski definition) is 1. The van der Waals surface area contributed by atoms with Gasteiger partial charge in [0.05, 0.1) is 6.61 Å². The van der Waals surface area contributed by atoms with E-state index in [1.165, 1.54) is 0 Å². The predicted octanol–water partition coefficient (Wildman–Crippen LogP) is 4.72. The fraction of sp³-hybridized carbons (Fsp3) is 0.462. The quantitative estimate of drug-likeness (QED) is 0.614. The summed E-state index contributed by atoms with van der Waals surface area (Å²) < 4.78 is 5.26. The molecular formula is C26H37N3O3. The Labute approximate surface area is 192 Å². The first-order chi connectivity index (χ1) is 15.0. The smallest absolute Gasteiger partial charge is 0.254 e. The summed E-state index contributed by atoms with van der Waals surface area (Å²) in [7, 11) is 5.57. The molecule has 32 heavy (non-hydrogen) atoms. The van der Waals surface area contributed by atoms with Crippen molar-refractivity contribution in [1.82, 2.24) is 4.90 Å². The van der Waals surface area contributed by atoms with Crippen molar-refractivity contribution in [2.75, 3.05) is 44.6 Å². The molecule has 2 aromatic rings. The second-order valence-corrected chi connectivity index (χ2v) is 9.61. The topological polar surface area (TPSA) is 61.9 Å². The predicted molar refractivity (Wildman–Crippen MR) is 131 cm³/mol. The Balaban J connectivity index is 2.33. The molecule has 2 amide bonds. The van der Waals surface area contributed by atoms with Gasteiger partial charge in [-0.3, -0.25) is 9.59 Å². The van der Waals surface area contributed by atoms with Gasteiger partial charge in [-0.15, -0.1) is 0 Å². The number of nitrogens with zero attached hydrogens (tertiary/aromatic N) is 2. The molecule has 6 nitrogen and oxygen atoms in total. The van der Waals surface area contributed by atoms with E-state index in [9.17, 15) is 9.59 Å². The maximum Gasteiger partial charge on any atom is 0.254 e. The number of anilines is 2. The standard InChI is InChI=1S/C26H37N3O3/c1-19-9-8-10-20(15-19)25(31)29(13-14-32-7)18-21-16-22(11-12-23(21)28(5)6)27-24(30)17-26(2,3)4/h8-12,15-16H,13-14,17-18H2,1-7H3,(H,27,30). The number of amides is 2. The molecule has 0 radical (unpaired) electrons. The zero-order valence-electron chi connectivity index (χ0n) is 20.5. The Morgan fingerprint density at radius 1 is 1.06 bits per heavy atom. The van der Waals surface area contributed by atoms with Crippen LogP contribution in [-0.4, -0.2) is 51.1 Å². The van der Waals surface area contributed by atoms with E-state index in [1.54, 1.807) is 12.0 Å². The Bertz CT molecular complexity index is 932. The largest absolute Gasteiger partial charge is 0.383 e. The van der Waals surface area contributed by atoms with Crippen molar-refractivity contribution in [2.45, 2.75) is 40.7 Å². The molecule has 0 atom stereocenters. The Hall–Kier alpha value is -2.86. The molecule has 0 heterocycles. The summed E-state index contributed by atoms with van der Waals surface area (Å²) in [5.41, 5.74) is 4.30. The van der Waals surface area contributed by atoms with Gasteiger partial charge in [0, 0.05) is 57.7 Å². The first kappa shape index (κ1) is 25.4. The maximum atomic E-state index is 13.3. The van der Waals surface area contributed by atoms with Crippen LogP contribution in [0.1, 0.15) is 48.7 Å². The van der Waals surface area contributed by atoms with Crippen LogP contribution in [0.5, 0.6) is 0 Å². The van der Waals surface area contributed by atoms with E-state index in [0.717, 1.165) is 22.5 Å². The second-order valence-electron chi connectivity index (χ2n) is 9.61. The SMILES string of the molecule is COCCN(Cc1cc(NC(=O)CC(C)(C)C)ccc1N(C)C)C(=O)c1cccc(C)c1. The number of carbonyl (C=O) groups excluding carboxylic acids is 2. The van der Waals surface area contributed by atoms with Crippen LogP contribution >= 0.6 is 0 Å². The summed E-state index contributed by atoms with van der Waals surface area (Å²) in [6, 6.07) is 13.5. The van der Waals surface area contributed by atoms with Crippen LogP contribution in [0.15, 0.2) is 42.5 Å². The van der Waals surface area contributed by atoms with E-state index in [2.05, 4.69) is 5.32 Å². The summed E-state index contributed by atoms with van der Waals surface area (Å²) in [6.07, 6.45) is 0.434.